The van der Waals surface area contributed by atoms with E-state index in [0.717, 1.165) is 9.35 Å². The summed E-state index contributed by atoms with van der Waals surface area (Å²) in [7, 11) is 0. The van der Waals surface area contributed by atoms with Crippen molar-refractivity contribution in [3.05, 3.63) is 20.8 Å². The highest BCUT2D eigenvalue weighted by atomic mass is 79.9. The van der Waals surface area contributed by atoms with Crippen LogP contribution in [0.4, 0.5) is 0 Å². The van der Waals surface area contributed by atoms with Gasteiger partial charge in [0.05, 0.1) is 12.0 Å². The summed E-state index contributed by atoms with van der Waals surface area (Å²) in [5, 5.41) is 11.3. The molecule has 1 amide bonds. The number of halogens is 1. The topological polar surface area (TPSA) is 57.6 Å². The normalized spacial score (nSPS) is 24.0. The van der Waals surface area contributed by atoms with Gasteiger partial charge < -0.3 is 10.0 Å². The van der Waals surface area contributed by atoms with Gasteiger partial charge in [-0.25, -0.2) is 0 Å². The van der Waals surface area contributed by atoms with Crippen molar-refractivity contribution in [2.75, 3.05) is 0 Å². The largest absolute Gasteiger partial charge is 0.481 e. The molecular formula is C13H16BrNO3S. The fourth-order valence-electron chi connectivity index (χ4n) is 2.56. The van der Waals surface area contributed by atoms with E-state index in [-0.39, 0.29) is 18.4 Å². The minimum atomic E-state index is -0.912. The summed E-state index contributed by atoms with van der Waals surface area (Å²) in [6.45, 7) is 5.80. The molecule has 4 nitrogen and oxygen atoms in total. The summed E-state index contributed by atoms with van der Waals surface area (Å²) in [6, 6.07) is 1.50. The number of nitrogens with zero attached hydrogens (tertiary/aromatic N) is 1. The molecule has 2 heterocycles. The standard InChI is InChI=1S/C13H16BrNO3S/c1-13(2,3)15-9(16)6-7(12(17)18)10(15)11-8(14)4-5-19-11/h4-5,7,10H,6H2,1-3H3,(H,17,18). The lowest BCUT2D eigenvalue weighted by molar-refractivity contribution is -0.142. The molecule has 0 aliphatic carbocycles. The molecule has 1 aromatic heterocycles. The molecule has 1 aliphatic heterocycles. The summed E-state index contributed by atoms with van der Waals surface area (Å²) < 4.78 is 0.873. The van der Waals surface area contributed by atoms with Crippen molar-refractivity contribution in [2.45, 2.75) is 38.8 Å². The monoisotopic (exact) mass is 345 g/mol. The third kappa shape index (κ3) is 2.56. The number of carbonyl (C=O) groups is 2. The van der Waals surface area contributed by atoms with Crippen LogP contribution < -0.4 is 0 Å². The third-order valence-electron chi connectivity index (χ3n) is 3.28. The fraction of sp³-hybridized carbons (Fsp3) is 0.538. The Kier molecular flexibility index (Phi) is 3.75. The molecule has 2 atom stereocenters. The SMILES string of the molecule is CC(C)(C)N1C(=O)CC(C(=O)O)C1c1sccc1Br. The van der Waals surface area contributed by atoms with E-state index >= 15 is 0 Å². The second-order valence-corrected chi connectivity index (χ2v) is 7.46. The molecule has 0 spiro atoms. The number of thiophene rings is 1. The number of likely N-dealkylation sites (tertiary alicyclic amines) is 1. The van der Waals surface area contributed by atoms with Crippen LogP contribution >= 0.6 is 27.3 Å². The maximum atomic E-state index is 12.2. The predicted octanol–water partition coefficient (Wildman–Crippen LogP) is 3.28. The molecule has 19 heavy (non-hydrogen) atoms. The molecule has 1 fully saturated rings. The molecule has 2 unspecified atom stereocenters. The van der Waals surface area contributed by atoms with E-state index in [1.54, 1.807) is 4.90 Å². The average molecular weight is 346 g/mol. The van der Waals surface area contributed by atoms with Crippen LogP contribution in [0, 0.1) is 5.92 Å². The van der Waals surface area contributed by atoms with Gasteiger partial charge in [-0.05, 0) is 48.1 Å². The third-order valence-corrected chi connectivity index (χ3v) is 5.22. The van der Waals surface area contributed by atoms with Crippen LogP contribution in [0.25, 0.3) is 0 Å². The van der Waals surface area contributed by atoms with Crippen LogP contribution in [-0.2, 0) is 9.59 Å². The van der Waals surface area contributed by atoms with Gasteiger partial charge in [-0.1, -0.05) is 0 Å². The zero-order valence-electron chi connectivity index (χ0n) is 11.0. The summed E-state index contributed by atoms with van der Waals surface area (Å²) in [5.74, 6) is -1.68. The van der Waals surface area contributed by atoms with E-state index < -0.39 is 17.4 Å². The number of hydrogen-bond donors (Lipinski definition) is 1. The van der Waals surface area contributed by atoms with Gasteiger partial charge in [0.2, 0.25) is 5.91 Å². The molecule has 1 N–H and O–H groups in total. The molecule has 0 bridgehead atoms. The zero-order valence-corrected chi connectivity index (χ0v) is 13.4. The Bertz CT molecular complexity index is 520. The van der Waals surface area contributed by atoms with E-state index in [1.807, 2.05) is 32.2 Å². The molecule has 0 saturated carbocycles. The zero-order chi connectivity index (χ0) is 14.4. The van der Waals surface area contributed by atoms with Gasteiger partial charge in [-0.15, -0.1) is 11.3 Å². The minimum Gasteiger partial charge on any atom is -0.481 e. The van der Waals surface area contributed by atoms with Crippen LogP contribution in [0.3, 0.4) is 0 Å². The van der Waals surface area contributed by atoms with E-state index in [2.05, 4.69) is 15.9 Å². The lowest BCUT2D eigenvalue weighted by atomic mass is 9.96. The van der Waals surface area contributed by atoms with Gasteiger partial charge >= 0.3 is 5.97 Å². The molecule has 1 aromatic rings. The highest BCUT2D eigenvalue weighted by Crippen LogP contribution is 2.46. The highest BCUT2D eigenvalue weighted by molar-refractivity contribution is 9.10. The smallest absolute Gasteiger partial charge is 0.309 e. The lowest BCUT2D eigenvalue weighted by Crippen LogP contribution is -2.44. The number of aliphatic carboxylic acids is 1. The summed E-state index contributed by atoms with van der Waals surface area (Å²) >= 11 is 4.93. The Morgan fingerprint density at radius 3 is 2.58 bits per heavy atom. The van der Waals surface area contributed by atoms with E-state index in [1.165, 1.54) is 11.3 Å². The van der Waals surface area contributed by atoms with Crippen molar-refractivity contribution in [1.29, 1.82) is 0 Å². The maximum Gasteiger partial charge on any atom is 0.309 e. The van der Waals surface area contributed by atoms with E-state index in [0.29, 0.717) is 0 Å². The van der Waals surface area contributed by atoms with Gasteiger partial charge in [0.1, 0.15) is 0 Å². The molecule has 2 rings (SSSR count). The first-order valence-electron chi connectivity index (χ1n) is 6.01. The fourth-order valence-corrected chi connectivity index (χ4v) is 4.33. The van der Waals surface area contributed by atoms with Crippen molar-refractivity contribution in [3.8, 4) is 0 Å². The van der Waals surface area contributed by atoms with Gasteiger partial charge in [0.25, 0.3) is 0 Å². The summed E-state index contributed by atoms with van der Waals surface area (Å²) in [4.78, 5) is 26.3. The Morgan fingerprint density at radius 1 is 1.53 bits per heavy atom. The van der Waals surface area contributed by atoms with Crippen molar-refractivity contribution < 1.29 is 14.7 Å². The maximum absolute atomic E-state index is 12.2. The molecule has 104 valence electrons. The van der Waals surface area contributed by atoms with Crippen LogP contribution in [0.1, 0.15) is 38.1 Å². The van der Waals surface area contributed by atoms with Crippen LogP contribution in [0.2, 0.25) is 0 Å². The number of carbonyl (C=O) groups excluding carboxylic acids is 1. The molecule has 1 saturated heterocycles. The molecule has 0 aromatic carbocycles. The van der Waals surface area contributed by atoms with Gasteiger partial charge in [0, 0.05) is 21.3 Å². The van der Waals surface area contributed by atoms with Crippen molar-refractivity contribution >= 4 is 39.1 Å². The van der Waals surface area contributed by atoms with E-state index in [4.69, 9.17) is 0 Å². The summed E-state index contributed by atoms with van der Waals surface area (Å²) in [6.07, 6.45) is 0.0710. The Hall–Kier alpha value is -0.880. The number of amides is 1. The predicted molar refractivity (Wildman–Crippen MR) is 77.1 cm³/mol. The van der Waals surface area contributed by atoms with Crippen molar-refractivity contribution in [1.82, 2.24) is 4.90 Å². The first-order valence-corrected chi connectivity index (χ1v) is 7.68. The molecule has 1 aliphatic rings. The summed E-state index contributed by atoms with van der Waals surface area (Å²) in [5.41, 5.74) is -0.393. The molecular weight excluding hydrogens is 330 g/mol. The quantitative estimate of drug-likeness (QED) is 0.894. The van der Waals surface area contributed by atoms with Crippen LogP contribution in [0.5, 0.6) is 0 Å². The van der Waals surface area contributed by atoms with Crippen LogP contribution in [-0.4, -0.2) is 27.4 Å². The Morgan fingerprint density at radius 2 is 2.16 bits per heavy atom. The van der Waals surface area contributed by atoms with Gasteiger partial charge in [0.15, 0.2) is 0 Å². The van der Waals surface area contributed by atoms with E-state index in [9.17, 15) is 14.7 Å². The first kappa shape index (κ1) is 14.5. The Labute approximate surface area is 124 Å². The van der Waals surface area contributed by atoms with Gasteiger partial charge in [-0.3, -0.25) is 9.59 Å². The molecule has 6 heteroatoms. The number of rotatable bonds is 2. The highest BCUT2D eigenvalue weighted by Gasteiger charge is 2.49. The van der Waals surface area contributed by atoms with Crippen molar-refractivity contribution in [3.63, 3.8) is 0 Å². The lowest BCUT2D eigenvalue weighted by Gasteiger charge is -2.38. The number of carboxylic acid groups (broad SMARTS) is 1. The number of hydrogen-bond acceptors (Lipinski definition) is 3. The van der Waals surface area contributed by atoms with Gasteiger partial charge in [-0.2, -0.15) is 0 Å². The first-order chi connectivity index (χ1) is 8.73. The Balaban J connectivity index is 2.51. The minimum absolute atomic E-state index is 0.0710. The number of carboxylic acids is 1. The average Bonchev–Trinajstić information content (AvgIpc) is 2.80. The van der Waals surface area contributed by atoms with Crippen molar-refractivity contribution in [2.24, 2.45) is 5.92 Å². The second-order valence-electron chi connectivity index (χ2n) is 5.66. The van der Waals surface area contributed by atoms with Crippen LogP contribution in [0.15, 0.2) is 15.9 Å². The molecule has 0 radical (unpaired) electrons. The second kappa shape index (κ2) is 4.90.